The van der Waals surface area contributed by atoms with Crippen LogP contribution in [0.2, 0.25) is 5.02 Å². The van der Waals surface area contributed by atoms with Crippen LogP contribution in [0.5, 0.6) is 11.5 Å². The summed E-state index contributed by atoms with van der Waals surface area (Å²) in [6.07, 6.45) is 1.84. The number of amidine groups is 1. The van der Waals surface area contributed by atoms with Gasteiger partial charge in [0.05, 0.1) is 19.1 Å². The fourth-order valence-electron chi connectivity index (χ4n) is 3.44. The summed E-state index contributed by atoms with van der Waals surface area (Å²) < 4.78 is 10.6. The van der Waals surface area contributed by atoms with E-state index in [1.54, 1.807) is 14.2 Å². The number of hydrogen-bond acceptors (Lipinski definition) is 6. The largest absolute Gasteiger partial charge is 0.493 e. The number of thioether (sulfide) groups is 1. The lowest BCUT2D eigenvalue weighted by Crippen LogP contribution is -2.47. The molecule has 2 aliphatic rings. The Morgan fingerprint density at radius 3 is 2.30 bits per heavy atom. The van der Waals surface area contributed by atoms with Gasteiger partial charge in [0.2, 0.25) is 0 Å². The molecule has 2 heterocycles. The highest BCUT2D eigenvalue weighted by atomic mass is 35.5. The van der Waals surface area contributed by atoms with E-state index >= 15 is 0 Å². The molecule has 4 rings (SSSR count). The number of carbonyl (C=O) groups is 1. The number of hydrogen-bond donors (Lipinski definition) is 0. The van der Waals surface area contributed by atoms with Crippen LogP contribution in [-0.4, -0.2) is 56.4 Å². The zero-order valence-electron chi connectivity index (χ0n) is 16.8. The molecular formula is C22H22ClN3O3S. The van der Waals surface area contributed by atoms with Crippen molar-refractivity contribution in [1.82, 2.24) is 4.90 Å². The third-order valence-corrected chi connectivity index (χ3v) is 6.35. The lowest BCUT2D eigenvalue weighted by atomic mass is 10.2. The average molecular weight is 444 g/mol. The molecule has 0 bridgehead atoms. The van der Waals surface area contributed by atoms with E-state index < -0.39 is 0 Å². The quantitative estimate of drug-likeness (QED) is 0.662. The zero-order chi connectivity index (χ0) is 21.1. The Morgan fingerprint density at radius 1 is 0.967 bits per heavy atom. The van der Waals surface area contributed by atoms with Gasteiger partial charge in [-0.3, -0.25) is 4.79 Å². The lowest BCUT2D eigenvalue weighted by Gasteiger charge is -2.36. The predicted molar refractivity (Wildman–Crippen MR) is 123 cm³/mol. The predicted octanol–water partition coefficient (Wildman–Crippen LogP) is 4.15. The van der Waals surface area contributed by atoms with Gasteiger partial charge in [0.15, 0.2) is 16.7 Å². The van der Waals surface area contributed by atoms with E-state index in [0.717, 1.165) is 47.6 Å². The van der Waals surface area contributed by atoms with Gasteiger partial charge in [-0.05, 0) is 59.8 Å². The molecule has 1 fully saturated rings. The van der Waals surface area contributed by atoms with Crippen molar-refractivity contribution in [3.8, 4) is 11.5 Å². The molecule has 0 N–H and O–H groups in total. The molecule has 2 aromatic rings. The van der Waals surface area contributed by atoms with Gasteiger partial charge in [0, 0.05) is 36.9 Å². The molecule has 0 radical (unpaired) electrons. The Kier molecular flexibility index (Phi) is 6.20. The van der Waals surface area contributed by atoms with Gasteiger partial charge >= 0.3 is 0 Å². The highest BCUT2D eigenvalue weighted by Crippen LogP contribution is 2.33. The molecule has 156 valence electrons. The van der Waals surface area contributed by atoms with Crippen LogP contribution in [0, 0.1) is 0 Å². The van der Waals surface area contributed by atoms with Gasteiger partial charge in [-0.15, -0.1) is 0 Å². The van der Waals surface area contributed by atoms with Gasteiger partial charge in [0.1, 0.15) is 0 Å². The van der Waals surface area contributed by atoms with Crippen molar-refractivity contribution in [2.24, 2.45) is 4.99 Å². The van der Waals surface area contributed by atoms with E-state index in [9.17, 15) is 4.79 Å². The van der Waals surface area contributed by atoms with Crippen LogP contribution in [0.15, 0.2) is 52.4 Å². The number of amides is 1. The summed E-state index contributed by atoms with van der Waals surface area (Å²) in [6.45, 7) is 3.35. The molecule has 1 amide bonds. The number of aliphatic imine (C=N–C) groups is 1. The SMILES string of the molecule is COc1ccc(/C=C2/SC(N3CCN(c4ccc(Cl)cc4)CC3)=NC2=O)cc1OC. The molecule has 2 aliphatic heterocycles. The van der Waals surface area contributed by atoms with E-state index in [1.807, 2.05) is 48.5 Å². The second-order valence-corrected chi connectivity index (χ2v) is 8.32. The van der Waals surface area contributed by atoms with E-state index in [0.29, 0.717) is 16.4 Å². The monoisotopic (exact) mass is 443 g/mol. The van der Waals surface area contributed by atoms with Crippen molar-refractivity contribution in [1.29, 1.82) is 0 Å². The summed E-state index contributed by atoms with van der Waals surface area (Å²) in [5.41, 5.74) is 2.03. The van der Waals surface area contributed by atoms with Gasteiger partial charge in [0.25, 0.3) is 5.91 Å². The Balaban J connectivity index is 1.41. The van der Waals surface area contributed by atoms with Gasteiger partial charge in [-0.2, -0.15) is 4.99 Å². The molecule has 0 atom stereocenters. The topological polar surface area (TPSA) is 54.4 Å². The highest BCUT2D eigenvalue weighted by Gasteiger charge is 2.28. The number of methoxy groups -OCH3 is 2. The van der Waals surface area contributed by atoms with Crippen molar-refractivity contribution in [2.45, 2.75) is 0 Å². The fourth-order valence-corrected chi connectivity index (χ4v) is 4.53. The van der Waals surface area contributed by atoms with E-state index in [-0.39, 0.29) is 5.91 Å². The van der Waals surface area contributed by atoms with E-state index in [4.69, 9.17) is 21.1 Å². The smallest absolute Gasteiger partial charge is 0.286 e. The first-order chi connectivity index (χ1) is 14.6. The van der Waals surface area contributed by atoms with Crippen LogP contribution in [0.25, 0.3) is 6.08 Å². The maximum absolute atomic E-state index is 12.4. The lowest BCUT2D eigenvalue weighted by molar-refractivity contribution is -0.113. The Bertz CT molecular complexity index is 999. The Morgan fingerprint density at radius 2 is 1.63 bits per heavy atom. The summed E-state index contributed by atoms with van der Waals surface area (Å²) in [5.74, 6) is 1.08. The summed E-state index contributed by atoms with van der Waals surface area (Å²) in [5, 5.41) is 1.50. The number of halogens is 1. The molecule has 0 aliphatic carbocycles. The third-order valence-electron chi connectivity index (χ3n) is 5.06. The van der Waals surface area contributed by atoms with Crippen LogP contribution >= 0.6 is 23.4 Å². The molecule has 0 aromatic heterocycles. The second-order valence-electron chi connectivity index (χ2n) is 6.88. The standard InChI is InChI=1S/C22H22ClN3O3S/c1-28-18-8-3-15(13-19(18)29-2)14-20-21(27)24-22(30-20)26-11-9-25(10-12-26)17-6-4-16(23)5-7-17/h3-8,13-14H,9-12H2,1-2H3/b20-14+. The Labute approximate surface area is 185 Å². The molecule has 6 nitrogen and oxygen atoms in total. The number of ether oxygens (including phenoxy) is 2. The number of benzene rings is 2. The van der Waals surface area contributed by atoms with Crippen LogP contribution in [-0.2, 0) is 4.79 Å². The Hall–Kier alpha value is -2.64. The summed E-state index contributed by atoms with van der Waals surface area (Å²) in [7, 11) is 3.19. The van der Waals surface area contributed by atoms with Gasteiger partial charge in [-0.25, -0.2) is 0 Å². The van der Waals surface area contributed by atoms with Crippen LogP contribution in [0.1, 0.15) is 5.56 Å². The minimum absolute atomic E-state index is 0.204. The van der Waals surface area contributed by atoms with Crippen molar-refractivity contribution in [3.05, 3.63) is 58.0 Å². The zero-order valence-corrected chi connectivity index (χ0v) is 18.4. The summed E-state index contributed by atoms with van der Waals surface area (Å²) in [4.78, 5) is 21.8. The van der Waals surface area contributed by atoms with Crippen LogP contribution in [0.4, 0.5) is 5.69 Å². The van der Waals surface area contributed by atoms with Crippen molar-refractivity contribution < 1.29 is 14.3 Å². The fraction of sp³-hybridized carbons (Fsp3) is 0.273. The van der Waals surface area contributed by atoms with Crippen LogP contribution < -0.4 is 14.4 Å². The molecule has 8 heteroatoms. The number of carbonyl (C=O) groups excluding carboxylic acids is 1. The van der Waals surface area contributed by atoms with E-state index in [1.165, 1.54) is 11.8 Å². The van der Waals surface area contributed by atoms with Crippen LogP contribution in [0.3, 0.4) is 0 Å². The summed E-state index contributed by atoms with van der Waals surface area (Å²) >= 11 is 7.40. The molecule has 0 saturated carbocycles. The minimum atomic E-state index is -0.204. The maximum Gasteiger partial charge on any atom is 0.286 e. The molecule has 1 saturated heterocycles. The molecule has 0 unspecified atom stereocenters. The molecular weight excluding hydrogens is 422 g/mol. The summed E-state index contributed by atoms with van der Waals surface area (Å²) in [6, 6.07) is 13.5. The van der Waals surface area contributed by atoms with Crippen molar-refractivity contribution in [2.75, 3.05) is 45.3 Å². The number of rotatable bonds is 4. The average Bonchev–Trinajstić information content (AvgIpc) is 3.14. The second kappa shape index (κ2) is 9.02. The molecule has 30 heavy (non-hydrogen) atoms. The van der Waals surface area contributed by atoms with E-state index in [2.05, 4.69) is 14.8 Å². The minimum Gasteiger partial charge on any atom is -0.493 e. The maximum atomic E-state index is 12.4. The van der Waals surface area contributed by atoms with Gasteiger partial charge < -0.3 is 19.3 Å². The van der Waals surface area contributed by atoms with Crippen molar-refractivity contribution in [3.63, 3.8) is 0 Å². The normalized spacial score (nSPS) is 18.0. The number of piperazine rings is 1. The molecule has 2 aromatic carbocycles. The van der Waals surface area contributed by atoms with Crippen molar-refractivity contribution >= 4 is 46.2 Å². The first-order valence-corrected chi connectivity index (χ1v) is 10.8. The number of anilines is 1. The first kappa shape index (κ1) is 20.6. The van der Waals surface area contributed by atoms with Gasteiger partial charge in [-0.1, -0.05) is 17.7 Å². The first-order valence-electron chi connectivity index (χ1n) is 9.57. The molecule has 0 spiro atoms. The highest BCUT2D eigenvalue weighted by molar-refractivity contribution is 8.18. The third kappa shape index (κ3) is 4.42. The number of nitrogens with zero attached hydrogens (tertiary/aromatic N) is 3.